The minimum absolute atomic E-state index is 0.449. The second kappa shape index (κ2) is 6.23. The van der Waals surface area contributed by atoms with Crippen LogP contribution < -0.4 is 5.32 Å². The van der Waals surface area contributed by atoms with Crippen molar-refractivity contribution >= 4 is 33.2 Å². The van der Waals surface area contributed by atoms with Crippen LogP contribution in [-0.4, -0.2) is 11.7 Å². The van der Waals surface area contributed by atoms with Crippen molar-refractivity contribution in [3.63, 3.8) is 0 Å². The Kier molecular flexibility index (Phi) is 4.64. The largest absolute Gasteiger partial charge is 0.387 e. The molecule has 2 nitrogen and oxygen atoms in total. The number of aliphatic hydroxyl groups excluding tert-OH is 1. The zero-order valence-electron chi connectivity index (χ0n) is 9.61. The van der Waals surface area contributed by atoms with Crippen molar-refractivity contribution in [3.8, 4) is 0 Å². The molecule has 0 aliphatic heterocycles. The van der Waals surface area contributed by atoms with Gasteiger partial charge in [-0.05, 0) is 39.7 Å². The standard InChI is InChI=1S/C14H13BrClNO/c15-12-8-11(16)6-7-13(12)17-9-14(18)10-4-2-1-3-5-10/h1-8,14,17-18H,9H2. The number of benzene rings is 2. The highest BCUT2D eigenvalue weighted by atomic mass is 79.9. The molecule has 0 fully saturated rings. The van der Waals surface area contributed by atoms with E-state index >= 15 is 0 Å². The molecule has 0 saturated carbocycles. The van der Waals surface area contributed by atoms with E-state index in [1.165, 1.54) is 0 Å². The van der Waals surface area contributed by atoms with Crippen LogP contribution in [0.1, 0.15) is 11.7 Å². The lowest BCUT2D eigenvalue weighted by Gasteiger charge is -2.14. The molecule has 0 saturated heterocycles. The van der Waals surface area contributed by atoms with Gasteiger partial charge in [0.2, 0.25) is 0 Å². The number of rotatable bonds is 4. The summed E-state index contributed by atoms with van der Waals surface area (Å²) in [4.78, 5) is 0. The average molecular weight is 327 g/mol. The molecule has 0 heterocycles. The van der Waals surface area contributed by atoms with E-state index in [0.29, 0.717) is 11.6 Å². The Labute approximate surface area is 120 Å². The molecule has 2 rings (SSSR count). The van der Waals surface area contributed by atoms with Gasteiger partial charge in [0.1, 0.15) is 0 Å². The SMILES string of the molecule is OC(CNc1ccc(Cl)cc1Br)c1ccccc1. The fraction of sp³-hybridized carbons (Fsp3) is 0.143. The van der Waals surface area contributed by atoms with Crippen LogP contribution in [-0.2, 0) is 0 Å². The minimum Gasteiger partial charge on any atom is -0.387 e. The second-order valence-corrected chi connectivity index (χ2v) is 5.22. The molecule has 0 radical (unpaired) electrons. The van der Waals surface area contributed by atoms with Crippen molar-refractivity contribution in [2.24, 2.45) is 0 Å². The van der Waals surface area contributed by atoms with Gasteiger partial charge in [0, 0.05) is 21.7 Å². The topological polar surface area (TPSA) is 32.3 Å². The van der Waals surface area contributed by atoms with Gasteiger partial charge in [0.15, 0.2) is 0 Å². The van der Waals surface area contributed by atoms with Crippen LogP contribution in [0.5, 0.6) is 0 Å². The van der Waals surface area contributed by atoms with E-state index in [0.717, 1.165) is 15.7 Å². The predicted molar refractivity (Wildman–Crippen MR) is 79.0 cm³/mol. The summed E-state index contributed by atoms with van der Waals surface area (Å²) < 4.78 is 0.885. The first kappa shape index (κ1) is 13.4. The molecule has 0 aromatic heterocycles. The van der Waals surface area contributed by atoms with E-state index < -0.39 is 6.10 Å². The molecule has 1 unspecified atom stereocenters. The summed E-state index contributed by atoms with van der Waals surface area (Å²) in [6, 6.07) is 15.1. The highest BCUT2D eigenvalue weighted by Crippen LogP contribution is 2.26. The highest BCUT2D eigenvalue weighted by molar-refractivity contribution is 9.10. The van der Waals surface area contributed by atoms with Gasteiger partial charge in [-0.25, -0.2) is 0 Å². The van der Waals surface area contributed by atoms with Crippen LogP contribution in [0.4, 0.5) is 5.69 Å². The lowest BCUT2D eigenvalue weighted by molar-refractivity contribution is 0.191. The fourth-order valence-electron chi connectivity index (χ4n) is 1.63. The molecule has 0 aliphatic carbocycles. The van der Waals surface area contributed by atoms with Gasteiger partial charge in [-0.1, -0.05) is 41.9 Å². The summed E-state index contributed by atoms with van der Waals surface area (Å²) in [6.45, 7) is 0.449. The maximum Gasteiger partial charge on any atom is 0.0962 e. The van der Waals surface area contributed by atoms with Gasteiger partial charge in [0.25, 0.3) is 0 Å². The molecular weight excluding hydrogens is 314 g/mol. The van der Waals surface area contributed by atoms with Gasteiger partial charge in [-0.15, -0.1) is 0 Å². The van der Waals surface area contributed by atoms with E-state index in [9.17, 15) is 5.11 Å². The minimum atomic E-state index is -0.534. The third-order valence-electron chi connectivity index (χ3n) is 2.60. The Morgan fingerprint density at radius 1 is 1.17 bits per heavy atom. The van der Waals surface area contributed by atoms with E-state index in [4.69, 9.17) is 11.6 Å². The number of aliphatic hydroxyl groups is 1. The third-order valence-corrected chi connectivity index (χ3v) is 3.49. The first-order valence-corrected chi connectivity index (χ1v) is 6.76. The number of hydrogen-bond donors (Lipinski definition) is 2. The molecule has 18 heavy (non-hydrogen) atoms. The van der Waals surface area contributed by atoms with Crippen LogP contribution in [0.25, 0.3) is 0 Å². The lowest BCUT2D eigenvalue weighted by atomic mass is 10.1. The van der Waals surface area contributed by atoms with E-state index in [2.05, 4.69) is 21.2 Å². The molecule has 4 heteroatoms. The monoisotopic (exact) mass is 325 g/mol. The molecule has 1 atom stereocenters. The second-order valence-electron chi connectivity index (χ2n) is 3.93. The number of anilines is 1. The summed E-state index contributed by atoms with van der Waals surface area (Å²) >= 11 is 9.29. The predicted octanol–water partition coefficient (Wildman–Crippen LogP) is 4.25. The van der Waals surface area contributed by atoms with Gasteiger partial charge in [-0.3, -0.25) is 0 Å². The van der Waals surface area contributed by atoms with Crippen molar-refractivity contribution in [1.82, 2.24) is 0 Å². The average Bonchev–Trinajstić information content (AvgIpc) is 2.38. The highest BCUT2D eigenvalue weighted by Gasteiger charge is 2.07. The van der Waals surface area contributed by atoms with Crippen molar-refractivity contribution in [1.29, 1.82) is 0 Å². The Bertz CT molecular complexity index is 518. The van der Waals surface area contributed by atoms with Crippen LogP contribution in [0, 0.1) is 0 Å². The summed E-state index contributed by atoms with van der Waals surface area (Å²) in [5, 5.41) is 13.9. The molecule has 0 bridgehead atoms. The van der Waals surface area contributed by atoms with Crippen LogP contribution >= 0.6 is 27.5 Å². The molecule has 2 N–H and O–H groups in total. The summed E-state index contributed by atoms with van der Waals surface area (Å²) in [6.07, 6.45) is -0.534. The summed E-state index contributed by atoms with van der Waals surface area (Å²) in [5.41, 5.74) is 1.81. The van der Waals surface area contributed by atoms with Crippen molar-refractivity contribution in [2.75, 3.05) is 11.9 Å². The number of hydrogen-bond acceptors (Lipinski definition) is 2. The Morgan fingerprint density at radius 2 is 1.89 bits per heavy atom. The lowest BCUT2D eigenvalue weighted by Crippen LogP contribution is -2.12. The quantitative estimate of drug-likeness (QED) is 0.880. The normalized spacial score (nSPS) is 12.2. The molecule has 0 amide bonds. The summed E-state index contributed by atoms with van der Waals surface area (Å²) in [5.74, 6) is 0. The fourth-order valence-corrected chi connectivity index (χ4v) is 2.46. The molecular formula is C14H13BrClNO. The molecule has 2 aromatic rings. The Morgan fingerprint density at radius 3 is 2.56 bits per heavy atom. The molecule has 0 spiro atoms. The Hall–Kier alpha value is -1.03. The third kappa shape index (κ3) is 3.48. The Balaban J connectivity index is 1.99. The van der Waals surface area contributed by atoms with E-state index in [-0.39, 0.29) is 0 Å². The molecule has 0 aliphatic rings. The van der Waals surface area contributed by atoms with Gasteiger partial charge < -0.3 is 10.4 Å². The van der Waals surface area contributed by atoms with E-state index in [1.807, 2.05) is 48.5 Å². The zero-order valence-corrected chi connectivity index (χ0v) is 11.9. The van der Waals surface area contributed by atoms with Gasteiger partial charge in [0.05, 0.1) is 6.10 Å². The maximum absolute atomic E-state index is 10.0. The van der Waals surface area contributed by atoms with Crippen LogP contribution in [0.3, 0.4) is 0 Å². The molecule has 2 aromatic carbocycles. The van der Waals surface area contributed by atoms with Gasteiger partial charge in [-0.2, -0.15) is 0 Å². The first-order chi connectivity index (χ1) is 8.66. The van der Waals surface area contributed by atoms with E-state index in [1.54, 1.807) is 0 Å². The zero-order chi connectivity index (χ0) is 13.0. The van der Waals surface area contributed by atoms with Crippen molar-refractivity contribution in [2.45, 2.75) is 6.10 Å². The van der Waals surface area contributed by atoms with Crippen molar-refractivity contribution < 1.29 is 5.11 Å². The van der Waals surface area contributed by atoms with Crippen molar-refractivity contribution in [3.05, 3.63) is 63.6 Å². The van der Waals surface area contributed by atoms with Gasteiger partial charge >= 0.3 is 0 Å². The smallest absolute Gasteiger partial charge is 0.0962 e. The molecule has 94 valence electrons. The summed E-state index contributed by atoms with van der Waals surface area (Å²) in [7, 11) is 0. The maximum atomic E-state index is 10.0. The van der Waals surface area contributed by atoms with Crippen LogP contribution in [0.15, 0.2) is 53.0 Å². The number of nitrogens with one attached hydrogen (secondary N) is 1. The first-order valence-electron chi connectivity index (χ1n) is 5.59. The number of halogens is 2. The van der Waals surface area contributed by atoms with Crippen LogP contribution in [0.2, 0.25) is 5.02 Å².